The van der Waals surface area contributed by atoms with Crippen molar-refractivity contribution >= 4 is 23.1 Å². The zero-order chi connectivity index (χ0) is 25.5. The van der Waals surface area contributed by atoms with Gasteiger partial charge < -0.3 is 9.84 Å². The van der Waals surface area contributed by atoms with E-state index in [-0.39, 0.29) is 22.4 Å². The molecule has 1 amide bonds. The van der Waals surface area contributed by atoms with Crippen molar-refractivity contribution in [1.29, 1.82) is 0 Å². The molecule has 1 N–H and O–H groups in total. The maximum atomic E-state index is 14.1. The Balaban J connectivity index is 1.97. The molecule has 1 unspecified atom stereocenters. The Bertz CT molecular complexity index is 1350. The predicted molar refractivity (Wildman–Crippen MR) is 134 cm³/mol. The first kappa shape index (κ1) is 24.2. The lowest BCUT2D eigenvalue weighted by molar-refractivity contribution is -0.132. The number of benzene rings is 3. The van der Waals surface area contributed by atoms with Crippen molar-refractivity contribution in [3.05, 3.63) is 100 Å². The third kappa shape index (κ3) is 4.44. The summed E-state index contributed by atoms with van der Waals surface area (Å²) in [7, 11) is 1.58. The molecule has 3 aromatic rings. The normalized spacial score (nSPS) is 17.7. The fraction of sp³-hybridized carbons (Fsp3) is 0.241. The molecule has 6 heteroatoms. The summed E-state index contributed by atoms with van der Waals surface area (Å²) in [6, 6.07) is 17.1. The second kappa shape index (κ2) is 9.02. The van der Waals surface area contributed by atoms with Gasteiger partial charge in [-0.2, -0.15) is 0 Å². The minimum absolute atomic E-state index is 0.0464. The average molecular weight is 474 g/mol. The Morgan fingerprint density at radius 2 is 1.71 bits per heavy atom. The summed E-state index contributed by atoms with van der Waals surface area (Å²) in [4.78, 5) is 27.8. The van der Waals surface area contributed by atoms with E-state index < -0.39 is 23.5 Å². The molecule has 3 aromatic carbocycles. The van der Waals surface area contributed by atoms with Gasteiger partial charge in [0.1, 0.15) is 17.3 Å². The molecule has 1 atom stereocenters. The van der Waals surface area contributed by atoms with Crippen molar-refractivity contribution in [2.45, 2.75) is 39.2 Å². The van der Waals surface area contributed by atoms with Crippen LogP contribution in [0.4, 0.5) is 10.1 Å². The number of aliphatic hydroxyl groups excluding tert-OH is 1. The van der Waals surface area contributed by atoms with E-state index in [4.69, 9.17) is 4.74 Å². The van der Waals surface area contributed by atoms with E-state index in [1.807, 2.05) is 45.9 Å². The molecule has 0 bridgehead atoms. The van der Waals surface area contributed by atoms with Gasteiger partial charge in [0, 0.05) is 16.8 Å². The Morgan fingerprint density at radius 1 is 1.00 bits per heavy atom. The van der Waals surface area contributed by atoms with Gasteiger partial charge in [-0.3, -0.25) is 14.5 Å². The van der Waals surface area contributed by atoms with Crippen molar-refractivity contribution in [2.24, 2.45) is 0 Å². The summed E-state index contributed by atoms with van der Waals surface area (Å²) in [5.74, 6) is -1.82. The number of anilines is 1. The molecule has 35 heavy (non-hydrogen) atoms. The van der Waals surface area contributed by atoms with Crippen LogP contribution >= 0.6 is 0 Å². The predicted octanol–water partition coefficient (Wildman–Crippen LogP) is 6.07. The summed E-state index contributed by atoms with van der Waals surface area (Å²) in [5.41, 5.74) is 2.69. The topological polar surface area (TPSA) is 66.8 Å². The molecule has 0 radical (unpaired) electrons. The van der Waals surface area contributed by atoms with E-state index in [0.29, 0.717) is 16.9 Å². The maximum Gasteiger partial charge on any atom is 0.300 e. The Kier molecular flexibility index (Phi) is 6.24. The van der Waals surface area contributed by atoms with Crippen molar-refractivity contribution in [3.63, 3.8) is 0 Å². The number of nitrogens with zero attached hydrogens (tertiary/aromatic N) is 1. The van der Waals surface area contributed by atoms with Crippen LogP contribution in [0.25, 0.3) is 5.76 Å². The number of halogens is 1. The number of hydrogen-bond acceptors (Lipinski definition) is 4. The first-order chi connectivity index (χ1) is 16.5. The standard InChI is InChI=1S/C29H28FNO4/c1-17-8-6-9-18(14-17)25-24(27(33)28(34)31(25)21-11-7-10-20(30)16-21)26(32)19-12-13-23(35-5)22(15-19)29(2,3)4/h6-16,25,32H,1-5H3/b26-24-. The molecule has 180 valence electrons. The van der Waals surface area contributed by atoms with Crippen molar-refractivity contribution in [3.8, 4) is 5.75 Å². The third-order valence-corrected chi connectivity index (χ3v) is 6.17. The molecule has 1 saturated heterocycles. The lowest BCUT2D eigenvalue weighted by Crippen LogP contribution is -2.29. The Hall–Kier alpha value is -3.93. The summed E-state index contributed by atoms with van der Waals surface area (Å²) >= 11 is 0. The van der Waals surface area contributed by atoms with Gasteiger partial charge in [0.05, 0.1) is 18.7 Å². The maximum absolute atomic E-state index is 14.1. The Morgan fingerprint density at radius 3 is 2.34 bits per heavy atom. The van der Waals surface area contributed by atoms with Crippen LogP contribution in [0.5, 0.6) is 5.75 Å². The summed E-state index contributed by atoms with van der Waals surface area (Å²) in [6.45, 7) is 7.95. The minimum Gasteiger partial charge on any atom is -0.507 e. The number of ether oxygens (including phenoxy) is 1. The monoisotopic (exact) mass is 473 g/mol. The molecule has 4 rings (SSSR count). The van der Waals surface area contributed by atoms with Gasteiger partial charge >= 0.3 is 0 Å². The number of amides is 1. The SMILES string of the molecule is COc1ccc(/C(O)=C2/C(=O)C(=O)N(c3cccc(F)c3)C2c2cccc(C)c2)cc1C(C)(C)C. The molecule has 1 fully saturated rings. The van der Waals surface area contributed by atoms with E-state index in [9.17, 15) is 19.1 Å². The highest BCUT2D eigenvalue weighted by atomic mass is 19.1. The first-order valence-corrected chi connectivity index (χ1v) is 11.3. The zero-order valence-corrected chi connectivity index (χ0v) is 20.4. The smallest absolute Gasteiger partial charge is 0.300 e. The van der Waals surface area contributed by atoms with Crippen LogP contribution in [0.15, 0.2) is 72.3 Å². The molecular weight excluding hydrogens is 445 g/mol. The molecule has 0 aromatic heterocycles. The second-order valence-corrected chi connectivity index (χ2v) is 9.73. The second-order valence-electron chi connectivity index (χ2n) is 9.73. The van der Waals surface area contributed by atoms with Gasteiger partial charge in [0.2, 0.25) is 0 Å². The minimum atomic E-state index is -0.920. The molecule has 1 aliphatic heterocycles. The molecule has 1 aliphatic rings. The van der Waals surface area contributed by atoms with Gasteiger partial charge in [-0.15, -0.1) is 0 Å². The lowest BCUT2D eigenvalue weighted by atomic mass is 9.84. The van der Waals surface area contributed by atoms with Crippen LogP contribution < -0.4 is 9.64 Å². The van der Waals surface area contributed by atoms with Gasteiger partial charge in [-0.05, 0) is 54.3 Å². The van der Waals surface area contributed by atoms with Crippen LogP contribution in [-0.2, 0) is 15.0 Å². The fourth-order valence-electron chi connectivity index (χ4n) is 4.48. The van der Waals surface area contributed by atoms with E-state index in [2.05, 4.69) is 0 Å². The van der Waals surface area contributed by atoms with Gasteiger partial charge in [0.25, 0.3) is 11.7 Å². The fourth-order valence-corrected chi connectivity index (χ4v) is 4.48. The number of ketones is 1. The Labute approximate surface area is 204 Å². The molecule has 1 heterocycles. The van der Waals surface area contributed by atoms with Crippen LogP contribution in [0.1, 0.15) is 49.1 Å². The van der Waals surface area contributed by atoms with E-state index in [1.54, 1.807) is 37.4 Å². The van der Waals surface area contributed by atoms with Crippen LogP contribution in [0.2, 0.25) is 0 Å². The number of aliphatic hydroxyl groups is 1. The van der Waals surface area contributed by atoms with Crippen LogP contribution in [0, 0.1) is 12.7 Å². The van der Waals surface area contributed by atoms with Gasteiger partial charge in [0.15, 0.2) is 0 Å². The van der Waals surface area contributed by atoms with Gasteiger partial charge in [-0.25, -0.2) is 4.39 Å². The number of rotatable bonds is 4. The molecule has 0 saturated carbocycles. The molecular formula is C29H28FNO4. The first-order valence-electron chi connectivity index (χ1n) is 11.3. The molecule has 0 aliphatic carbocycles. The summed E-state index contributed by atoms with van der Waals surface area (Å²) in [6.07, 6.45) is 0. The van der Waals surface area contributed by atoms with Gasteiger partial charge in [-0.1, -0.05) is 56.7 Å². The van der Waals surface area contributed by atoms with E-state index in [0.717, 1.165) is 11.1 Å². The quantitative estimate of drug-likeness (QED) is 0.284. The highest BCUT2D eigenvalue weighted by Crippen LogP contribution is 2.43. The number of aryl methyl sites for hydroxylation is 1. The number of hydrogen-bond donors (Lipinski definition) is 1. The summed E-state index contributed by atoms with van der Waals surface area (Å²) < 4.78 is 19.6. The third-order valence-electron chi connectivity index (χ3n) is 6.17. The average Bonchev–Trinajstić information content (AvgIpc) is 3.08. The number of carbonyl (C=O) groups excluding carboxylic acids is 2. The highest BCUT2D eigenvalue weighted by Gasteiger charge is 2.47. The molecule has 5 nitrogen and oxygen atoms in total. The zero-order valence-electron chi connectivity index (χ0n) is 20.4. The van der Waals surface area contributed by atoms with E-state index >= 15 is 0 Å². The number of carbonyl (C=O) groups is 2. The largest absolute Gasteiger partial charge is 0.507 e. The van der Waals surface area contributed by atoms with Crippen molar-refractivity contribution in [1.82, 2.24) is 0 Å². The van der Waals surface area contributed by atoms with Crippen LogP contribution in [0.3, 0.4) is 0 Å². The number of Topliss-reactive ketones (excluding diaryl/α,β-unsaturated/α-hetero) is 1. The lowest BCUT2D eigenvalue weighted by Gasteiger charge is -2.26. The van der Waals surface area contributed by atoms with Crippen LogP contribution in [-0.4, -0.2) is 23.9 Å². The van der Waals surface area contributed by atoms with Crippen molar-refractivity contribution in [2.75, 3.05) is 12.0 Å². The van der Waals surface area contributed by atoms with Crippen molar-refractivity contribution < 1.29 is 23.8 Å². The highest BCUT2D eigenvalue weighted by molar-refractivity contribution is 6.51. The summed E-state index contributed by atoms with van der Waals surface area (Å²) in [5, 5.41) is 11.4. The number of methoxy groups -OCH3 is 1. The van der Waals surface area contributed by atoms with E-state index in [1.165, 1.54) is 23.1 Å². The molecule has 0 spiro atoms.